The number of nitrogens with zero attached hydrogens (tertiary/aromatic N) is 5. The van der Waals surface area contributed by atoms with Crippen LogP contribution in [0.2, 0.25) is 0 Å². The van der Waals surface area contributed by atoms with Gasteiger partial charge in [-0.25, -0.2) is 4.79 Å². The zero-order valence-corrected chi connectivity index (χ0v) is 20.7. The molecule has 0 amide bonds. The van der Waals surface area contributed by atoms with Crippen molar-refractivity contribution in [1.82, 2.24) is 18.7 Å². The number of hydrogen-bond acceptors (Lipinski definition) is 5. The minimum Gasteiger partial charge on any atom is -0.341 e. The molecule has 2 N–H and O–H groups in total. The number of benzene rings is 1. The molecule has 194 valence electrons. The molecule has 1 aliphatic rings. The van der Waals surface area contributed by atoms with Gasteiger partial charge < -0.3 is 15.2 Å². The number of alkyl halides is 3. The van der Waals surface area contributed by atoms with Crippen molar-refractivity contribution in [2.45, 2.75) is 58.4 Å². The molecule has 1 aliphatic heterocycles. The third kappa shape index (κ3) is 5.11. The number of allylic oxidation sites excluding steroid dienone is 2. The highest BCUT2D eigenvalue weighted by molar-refractivity contribution is 5.74. The standard InChI is InChI=1S/C25H31F3N6O2/c1-16(2)9-12-33-20-21(30-23(33)32-11-5-8-19(29)15-32)31(3)24(36)34(22(20)35)13-10-17-6-4-7-18(14-17)25(26,27)28/h4,6-7,9,14,19H,5,8,10-13,15,29H2,1-3H3. The van der Waals surface area contributed by atoms with Gasteiger partial charge in [-0.3, -0.25) is 13.9 Å². The van der Waals surface area contributed by atoms with Crippen molar-refractivity contribution < 1.29 is 13.2 Å². The average molecular weight is 505 g/mol. The highest BCUT2D eigenvalue weighted by atomic mass is 19.4. The topological polar surface area (TPSA) is 91.1 Å². The molecule has 1 saturated heterocycles. The summed E-state index contributed by atoms with van der Waals surface area (Å²) in [5, 5.41) is 0. The molecule has 0 saturated carbocycles. The molecule has 3 aromatic rings. The van der Waals surface area contributed by atoms with Gasteiger partial charge >= 0.3 is 11.9 Å². The molecule has 0 aliphatic carbocycles. The molecule has 0 spiro atoms. The molecule has 0 bridgehead atoms. The Bertz CT molecular complexity index is 1410. The Morgan fingerprint density at radius 2 is 1.97 bits per heavy atom. The number of fused-ring (bicyclic) bond motifs is 1. The summed E-state index contributed by atoms with van der Waals surface area (Å²) in [6.45, 7) is 5.58. The first-order chi connectivity index (χ1) is 17.0. The summed E-state index contributed by atoms with van der Waals surface area (Å²) < 4.78 is 43.5. The number of imidazole rings is 1. The lowest BCUT2D eigenvalue weighted by Gasteiger charge is -2.31. The molecule has 3 heterocycles. The Kier molecular flexibility index (Phi) is 7.12. The van der Waals surface area contributed by atoms with Crippen LogP contribution in [-0.4, -0.2) is 37.8 Å². The van der Waals surface area contributed by atoms with Crippen LogP contribution in [0, 0.1) is 0 Å². The number of nitrogens with two attached hydrogens (primary N) is 1. The van der Waals surface area contributed by atoms with Crippen LogP contribution in [0.5, 0.6) is 0 Å². The van der Waals surface area contributed by atoms with Gasteiger partial charge in [-0.1, -0.05) is 29.8 Å². The molecule has 36 heavy (non-hydrogen) atoms. The van der Waals surface area contributed by atoms with Gasteiger partial charge in [-0.2, -0.15) is 18.2 Å². The molecule has 4 rings (SSSR count). The predicted octanol–water partition coefficient (Wildman–Crippen LogP) is 3.05. The lowest BCUT2D eigenvalue weighted by atomic mass is 10.1. The largest absolute Gasteiger partial charge is 0.416 e. The van der Waals surface area contributed by atoms with Crippen molar-refractivity contribution in [2.75, 3.05) is 18.0 Å². The Balaban J connectivity index is 1.80. The van der Waals surface area contributed by atoms with E-state index in [1.54, 1.807) is 13.1 Å². The van der Waals surface area contributed by atoms with Crippen molar-refractivity contribution >= 4 is 17.1 Å². The van der Waals surface area contributed by atoms with E-state index in [4.69, 9.17) is 10.7 Å². The number of halogens is 3. The molecular weight excluding hydrogens is 473 g/mol. The molecular formula is C25H31F3N6O2. The van der Waals surface area contributed by atoms with E-state index in [1.165, 1.54) is 10.6 Å². The third-order valence-corrected chi connectivity index (χ3v) is 6.51. The van der Waals surface area contributed by atoms with Crippen molar-refractivity contribution in [1.29, 1.82) is 0 Å². The summed E-state index contributed by atoms with van der Waals surface area (Å²) in [5.74, 6) is 0.584. The fraction of sp³-hybridized carbons (Fsp3) is 0.480. The number of piperidine rings is 1. The van der Waals surface area contributed by atoms with Gasteiger partial charge in [0.2, 0.25) is 5.95 Å². The second-order valence-electron chi connectivity index (χ2n) is 9.57. The molecule has 2 aromatic heterocycles. The van der Waals surface area contributed by atoms with Crippen molar-refractivity contribution in [3.05, 3.63) is 67.9 Å². The first kappa shape index (κ1) is 25.7. The summed E-state index contributed by atoms with van der Waals surface area (Å²) >= 11 is 0. The molecule has 1 fully saturated rings. The second kappa shape index (κ2) is 9.96. The minimum absolute atomic E-state index is 0.0107. The average Bonchev–Trinajstić information content (AvgIpc) is 3.21. The Morgan fingerprint density at radius 3 is 2.64 bits per heavy atom. The van der Waals surface area contributed by atoms with E-state index in [0.717, 1.165) is 41.7 Å². The van der Waals surface area contributed by atoms with Crippen molar-refractivity contribution in [2.24, 2.45) is 12.8 Å². The van der Waals surface area contributed by atoms with Gasteiger partial charge in [0.15, 0.2) is 11.2 Å². The zero-order chi connectivity index (χ0) is 26.2. The van der Waals surface area contributed by atoms with Gasteiger partial charge in [0.25, 0.3) is 5.56 Å². The molecule has 8 nitrogen and oxygen atoms in total. The Morgan fingerprint density at radius 1 is 1.22 bits per heavy atom. The third-order valence-electron chi connectivity index (χ3n) is 6.51. The fourth-order valence-corrected chi connectivity index (χ4v) is 4.58. The first-order valence-corrected chi connectivity index (χ1v) is 12.0. The van der Waals surface area contributed by atoms with Crippen LogP contribution < -0.4 is 21.9 Å². The molecule has 0 radical (unpaired) electrons. The van der Waals surface area contributed by atoms with E-state index >= 15 is 0 Å². The maximum Gasteiger partial charge on any atom is 0.416 e. The monoisotopic (exact) mass is 504 g/mol. The number of hydrogen-bond donors (Lipinski definition) is 1. The Labute approximate surface area is 206 Å². The zero-order valence-electron chi connectivity index (χ0n) is 20.7. The summed E-state index contributed by atoms with van der Waals surface area (Å²) in [5.41, 5.74) is 6.36. The van der Waals surface area contributed by atoms with Gasteiger partial charge in [-0.05, 0) is 44.7 Å². The maximum atomic E-state index is 13.6. The smallest absolute Gasteiger partial charge is 0.341 e. The van der Waals surface area contributed by atoms with Crippen LogP contribution in [0.1, 0.15) is 37.8 Å². The van der Waals surface area contributed by atoms with E-state index in [9.17, 15) is 22.8 Å². The quantitative estimate of drug-likeness (QED) is 0.521. The highest BCUT2D eigenvalue weighted by Gasteiger charge is 2.30. The van der Waals surface area contributed by atoms with Crippen LogP contribution in [0.3, 0.4) is 0 Å². The summed E-state index contributed by atoms with van der Waals surface area (Å²) in [4.78, 5) is 33.5. The van der Waals surface area contributed by atoms with E-state index in [0.29, 0.717) is 24.6 Å². The van der Waals surface area contributed by atoms with Crippen LogP contribution in [0.4, 0.5) is 19.1 Å². The van der Waals surface area contributed by atoms with Crippen LogP contribution >= 0.6 is 0 Å². The predicted molar refractivity (Wildman–Crippen MR) is 133 cm³/mol. The van der Waals surface area contributed by atoms with E-state index in [-0.39, 0.29) is 30.2 Å². The van der Waals surface area contributed by atoms with Crippen LogP contribution in [0.25, 0.3) is 11.2 Å². The normalized spacial score (nSPS) is 16.5. The highest BCUT2D eigenvalue weighted by Crippen LogP contribution is 2.29. The SMILES string of the molecule is CC(C)=CCn1c(N2CCCC(N)C2)nc2c1c(=O)n(CCc1cccc(C(F)(F)F)c1)c(=O)n2C. The van der Waals surface area contributed by atoms with Gasteiger partial charge in [0.05, 0.1) is 5.56 Å². The summed E-state index contributed by atoms with van der Waals surface area (Å²) in [6.07, 6.45) is -0.585. The molecule has 1 unspecified atom stereocenters. The van der Waals surface area contributed by atoms with Gasteiger partial charge in [0.1, 0.15) is 0 Å². The van der Waals surface area contributed by atoms with Crippen molar-refractivity contribution in [3.63, 3.8) is 0 Å². The van der Waals surface area contributed by atoms with Crippen molar-refractivity contribution in [3.8, 4) is 0 Å². The van der Waals surface area contributed by atoms with Crippen LogP contribution in [-0.2, 0) is 32.7 Å². The number of rotatable bonds is 6. The van der Waals surface area contributed by atoms with Crippen LogP contribution in [0.15, 0.2) is 45.5 Å². The molecule has 1 aromatic carbocycles. The van der Waals surface area contributed by atoms with Gasteiger partial charge in [-0.15, -0.1) is 0 Å². The van der Waals surface area contributed by atoms with Gasteiger partial charge in [0, 0.05) is 39.3 Å². The number of aryl methyl sites for hydroxylation is 2. The lowest BCUT2D eigenvalue weighted by molar-refractivity contribution is -0.137. The Hall–Kier alpha value is -3.34. The minimum atomic E-state index is -4.47. The number of aromatic nitrogens is 4. The summed E-state index contributed by atoms with van der Waals surface area (Å²) in [7, 11) is 1.55. The number of anilines is 1. The molecule has 1 atom stereocenters. The molecule has 11 heteroatoms. The van der Waals surface area contributed by atoms with E-state index in [1.807, 2.05) is 29.4 Å². The first-order valence-electron chi connectivity index (χ1n) is 12.0. The van der Waals surface area contributed by atoms with E-state index < -0.39 is 23.0 Å². The second-order valence-corrected chi connectivity index (χ2v) is 9.57. The summed E-state index contributed by atoms with van der Waals surface area (Å²) in [6, 6.07) is 4.91. The van der Waals surface area contributed by atoms with E-state index in [2.05, 4.69) is 0 Å². The maximum absolute atomic E-state index is 13.6. The fourth-order valence-electron chi connectivity index (χ4n) is 4.58. The lowest BCUT2D eigenvalue weighted by Crippen LogP contribution is -2.44.